The first-order chi connectivity index (χ1) is 16.6. The monoisotopic (exact) mass is 485 g/mol. The quantitative estimate of drug-likeness (QED) is 0.402. The number of hydrogen-bond donors (Lipinski definition) is 1. The van der Waals surface area contributed by atoms with E-state index < -0.39 is 0 Å². The van der Waals surface area contributed by atoms with Crippen molar-refractivity contribution in [2.75, 3.05) is 45.9 Å². The van der Waals surface area contributed by atoms with Crippen LogP contribution in [0.25, 0.3) is 0 Å². The molecule has 0 saturated carbocycles. The van der Waals surface area contributed by atoms with Gasteiger partial charge in [-0.25, -0.2) is 8.78 Å². The van der Waals surface area contributed by atoms with Gasteiger partial charge in [0.1, 0.15) is 17.7 Å². The van der Waals surface area contributed by atoms with Gasteiger partial charge >= 0.3 is 0 Å². The van der Waals surface area contributed by atoms with E-state index in [1.54, 1.807) is 35.6 Å². The fourth-order valence-electron chi connectivity index (χ4n) is 4.33. The van der Waals surface area contributed by atoms with Crippen LogP contribution in [0.5, 0.6) is 0 Å². The van der Waals surface area contributed by atoms with Crippen LogP contribution in [0.15, 0.2) is 66.0 Å². The van der Waals surface area contributed by atoms with Gasteiger partial charge in [-0.2, -0.15) is 0 Å². The van der Waals surface area contributed by atoms with Gasteiger partial charge in [-0.15, -0.1) is 11.3 Å². The van der Waals surface area contributed by atoms with Crippen molar-refractivity contribution in [3.63, 3.8) is 0 Å². The van der Waals surface area contributed by atoms with Gasteiger partial charge in [0, 0.05) is 37.6 Å². The van der Waals surface area contributed by atoms with Crippen LogP contribution in [-0.2, 0) is 4.74 Å². The molecule has 2 atom stereocenters. The number of halogens is 2. The standard InChI is InChI=1S/C27H32F2N2O2S/c28-23-9-5-21(6-10-23)27(22-7-11-24(29)12-8-22)33-19-18-31-16-14-30(15-17-31)13-1-3-25(32)26-4-2-20-34-26/h2,4-12,20,25,27,32H,1,3,13-19H2/i28-1. The minimum atomic E-state index is -0.364. The predicted octanol–water partition coefficient (Wildman–Crippen LogP) is 5.26. The lowest BCUT2D eigenvalue weighted by molar-refractivity contribution is 0.0444. The molecule has 3 aromatic rings. The molecular weight excluding hydrogens is 453 g/mol. The van der Waals surface area contributed by atoms with Crippen molar-refractivity contribution in [3.8, 4) is 0 Å². The number of rotatable bonds is 11. The van der Waals surface area contributed by atoms with E-state index in [-0.39, 0.29) is 23.8 Å². The van der Waals surface area contributed by atoms with E-state index in [9.17, 15) is 13.9 Å². The molecule has 4 rings (SSSR count). The van der Waals surface area contributed by atoms with E-state index in [2.05, 4.69) is 9.80 Å². The Labute approximate surface area is 204 Å². The Hall–Kier alpha value is -2.16. The Kier molecular flexibility index (Phi) is 9.18. The molecule has 0 bridgehead atoms. The van der Waals surface area contributed by atoms with Crippen molar-refractivity contribution in [2.45, 2.75) is 25.0 Å². The third kappa shape index (κ3) is 7.17. The van der Waals surface area contributed by atoms with Crippen molar-refractivity contribution < 1.29 is 18.6 Å². The van der Waals surface area contributed by atoms with Gasteiger partial charge in [-0.05, 0) is 66.2 Å². The SMILES string of the molecule is OC(CCCN1CCN(CCOC(c2ccc(F)cc2)c2ccc([18F])cc2)CC1)c1cccs1. The summed E-state index contributed by atoms with van der Waals surface area (Å²) in [7, 11) is 0. The number of piperazine rings is 1. The summed E-state index contributed by atoms with van der Waals surface area (Å²) in [6, 6.07) is 16.5. The Morgan fingerprint density at radius 1 is 0.824 bits per heavy atom. The number of aliphatic hydroxyl groups excluding tert-OH is 1. The van der Waals surface area contributed by atoms with Gasteiger partial charge in [0.2, 0.25) is 0 Å². The Balaban J connectivity index is 1.20. The highest BCUT2D eigenvalue weighted by Crippen LogP contribution is 2.27. The molecule has 2 aromatic carbocycles. The zero-order chi connectivity index (χ0) is 23.8. The van der Waals surface area contributed by atoms with Crippen LogP contribution in [-0.4, -0.2) is 60.8 Å². The summed E-state index contributed by atoms with van der Waals surface area (Å²) in [5, 5.41) is 12.3. The average molecular weight is 486 g/mol. The zero-order valence-corrected chi connectivity index (χ0v) is 20.1. The van der Waals surface area contributed by atoms with E-state index in [4.69, 9.17) is 4.74 Å². The Morgan fingerprint density at radius 3 is 1.91 bits per heavy atom. The van der Waals surface area contributed by atoms with E-state index in [1.165, 1.54) is 24.3 Å². The van der Waals surface area contributed by atoms with Crippen LogP contribution >= 0.6 is 11.3 Å². The molecule has 4 nitrogen and oxygen atoms in total. The molecule has 1 aliphatic rings. The fraction of sp³-hybridized carbons (Fsp3) is 0.407. The highest BCUT2D eigenvalue weighted by atomic mass is 32.1. The van der Waals surface area contributed by atoms with Gasteiger partial charge in [-0.1, -0.05) is 30.3 Å². The lowest BCUT2D eigenvalue weighted by Crippen LogP contribution is -2.47. The molecule has 0 aliphatic carbocycles. The maximum atomic E-state index is 13.4. The third-order valence-corrected chi connectivity index (χ3v) is 7.30. The first-order valence-electron chi connectivity index (χ1n) is 11.9. The molecule has 1 aliphatic heterocycles. The van der Waals surface area contributed by atoms with Crippen LogP contribution in [0.3, 0.4) is 0 Å². The molecule has 182 valence electrons. The lowest BCUT2D eigenvalue weighted by atomic mass is 10.0. The number of thiophene rings is 1. The predicted molar refractivity (Wildman–Crippen MR) is 132 cm³/mol. The minimum absolute atomic E-state index is 0.291. The van der Waals surface area contributed by atoms with Gasteiger partial charge in [0.25, 0.3) is 0 Å². The highest BCUT2D eigenvalue weighted by Gasteiger charge is 2.19. The third-order valence-electron chi connectivity index (χ3n) is 6.33. The molecule has 2 heterocycles. The number of ether oxygens (including phenoxy) is 1. The van der Waals surface area contributed by atoms with E-state index in [0.29, 0.717) is 6.61 Å². The molecule has 0 spiro atoms. The van der Waals surface area contributed by atoms with Crippen LogP contribution < -0.4 is 0 Å². The Bertz CT molecular complexity index is 929. The number of nitrogens with zero attached hydrogens (tertiary/aromatic N) is 2. The van der Waals surface area contributed by atoms with E-state index in [1.807, 2.05) is 17.5 Å². The first-order valence-corrected chi connectivity index (χ1v) is 12.7. The second kappa shape index (κ2) is 12.5. The highest BCUT2D eigenvalue weighted by molar-refractivity contribution is 7.10. The summed E-state index contributed by atoms with van der Waals surface area (Å²) in [6.07, 6.45) is 1.06. The van der Waals surface area contributed by atoms with Crippen LogP contribution in [0.4, 0.5) is 8.78 Å². The normalized spacial score (nSPS) is 17.0. The second-order valence-corrected chi connectivity index (χ2v) is 9.69. The smallest absolute Gasteiger partial charge is 0.123 e. The average Bonchev–Trinajstić information content (AvgIpc) is 3.40. The van der Waals surface area contributed by atoms with E-state index >= 15 is 0 Å². The van der Waals surface area contributed by atoms with Crippen molar-refractivity contribution in [3.05, 3.63) is 93.7 Å². The summed E-state index contributed by atoms with van der Waals surface area (Å²) < 4.78 is 33.0. The van der Waals surface area contributed by atoms with Crippen molar-refractivity contribution in [2.24, 2.45) is 0 Å². The minimum Gasteiger partial charge on any atom is -0.388 e. The molecule has 0 radical (unpaired) electrons. The van der Waals surface area contributed by atoms with Crippen molar-refractivity contribution >= 4 is 11.3 Å². The molecule has 2 unspecified atom stereocenters. The molecule has 1 N–H and O–H groups in total. The topological polar surface area (TPSA) is 35.9 Å². The Morgan fingerprint density at radius 2 is 1.38 bits per heavy atom. The number of aliphatic hydroxyl groups is 1. The zero-order valence-electron chi connectivity index (χ0n) is 19.3. The number of hydrogen-bond acceptors (Lipinski definition) is 5. The largest absolute Gasteiger partial charge is 0.388 e. The molecule has 1 fully saturated rings. The second-order valence-electron chi connectivity index (χ2n) is 8.71. The number of benzene rings is 2. The van der Waals surface area contributed by atoms with Gasteiger partial charge in [0.05, 0.1) is 12.7 Å². The van der Waals surface area contributed by atoms with Crippen molar-refractivity contribution in [1.29, 1.82) is 0 Å². The van der Waals surface area contributed by atoms with Crippen LogP contribution in [0.2, 0.25) is 0 Å². The first kappa shape index (κ1) is 24.9. The molecule has 1 aromatic heterocycles. The summed E-state index contributed by atoms with van der Waals surface area (Å²) in [5.41, 5.74) is 1.70. The summed E-state index contributed by atoms with van der Waals surface area (Å²) in [5.74, 6) is -0.582. The van der Waals surface area contributed by atoms with Crippen LogP contribution in [0, 0.1) is 11.6 Å². The molecule has 0 amide bonds. The molecule has 1 saturated heterocycles. The van der Waals surface area contributed by atoms with Crippen molar-refractivity contribution in [1.82, 2.24) is 9.80 Å². The van der Waals surface area contributed by atoms with Crippen LogP contribution in [0.1, 0.15) is 41.1 Å². The molecular formula is C27H32F2N2O2S. The summed E-state index contributed by atoms with van der Waals surface area (Å²) in [4.78, 5) is 5.89. The van der Waals surface area contributed by atoms with E-state index in [0.717, 1.165) is 68.1 Å². The molecule has 34 heavy (non-hydrogen) atoms. The maximum Gasteiger partial charge on any atom is 0.123 e. The summed E-state index contributed by atoms with van der Waals surface area (Å²) in [6.45, 7) is 6.33. The maximum absolute atomic E-state index is 13.4. The fourth-order valence-corrected chi connectivity index (χ4v) is 5.07. The van der Waals surface area contributed by atoms with Gasteiger partial charge < -0.3 is 14.7 Å². The van der Waals surface area contributed by atoms with Gasteiger partial charge in [-0.3, -0.25) is 4.90 Å². The van der Waals surface area contributed by atoms with Gasteiger partial charge in [0.15, 0.2) is 0 Å². The molecule has 7 heteroatoms. The summed E-state index contributed by atoms with van der Waals surface area (Å²) >= 11 is 1.61. The lowest BCUT2D eigenvalue weighted by Gasteiger charge is -2.35.